The van der Waals surface area contributed by atoms with Crippen LogP contribution in [0, 0.1) is 5.92 Å². The smallest absolute Gasteiger partial charge is 0.267 e. The zero-order chi connectivity index (χ0) is 12.6. The molecule has 1 N–H and O–H groups in total. The fraction of sp³-hybridized carbons (Fsp3) is 0.500. The zero-order valence-corrected chi connectivity index (χ0v) is 11.9. The highest BCUT2D eigenvalue weighted by molar-refractivity contribution is 9.10. The van der Waals surface area contributed by atoms with Gasteiger partial charge in [0.05, 0.1) is 5.25 Å². The lowest BCUT2D eigenvalue weighted by molar-refractivity contribution is 0.461. The molecule has 0 bridgehead atoms. The van der Waals surface area contributed by atoms with Crippen molar-refractivity contribution >= 4 is 26.0 Å². The zero-order valence-electron chi connectivity index (χ0n) is 9.51. The first-order valence-electron chi connectivity index (χ1n) is 5.59. The van der Waals surface area contributed by atoms with Crippen molar-refractivity contribution in [3.05, 3.63) is 34.3 Å². The molecule has 2 rings (SSSR count). The second kappa shape index (κ2) is 4.71. The van der Waals surface area contributed by atoms with Gasteiger partial charge in [-0.05, 0) is 49.3 Å². The number of benzene rings is 1. The van der Waals surface area contributed by atoms with Crippen LogP contribution in [0.2, 0.25) is 0 Å². The minimum absolute atomic E-state index is 0.383. The Morgan fingerprint density at radius 1 is 1.41 bits per heavy atom. The van der Waals surface area contributed by atoms with Crippen molar-refractivity contribution in [2.75, 3.05) is 0 Å². The highest BCUT2D eigenvalue weighted by Crippen LogP contribution is 2.50. The van der Waals surface area contributed by atoms with Gasteiger partial charge in [-0.25, -0.2) is 0 Å². The van der Waals surface area contributed by atoms with Crippen molar-refractivity contribution in [3.63, 3.8) is 0 Å². The van der Waals surface area contributed by atoms with Crippen LogP contribution in [0.1, 0.15) is 31.2 Å². The van der Waals surface area contributed by atoms with E-state index in [1.54, 1.807) is 6.92 Å². The number of hydrogen-bond acceptors (Lipinski definition) is 2. The predicted octanol–water partition coefficient (Wildman–Crippen LogP) is 3.22. The van der Waals surface area contributed by atoms with Crippen LogP contribution in [0.4, 0.5) is 0 Å². The molecule has 1 fully saturated rings. The van der Waals surface area contributed by atoms with Crippen LogP contribution < -0.4 is 0 Å². The maximum atomic E-state index is 10.9. The summed E-state index contributed by atoms with van der Waals surface area (Å²) in [6, 6.07) is 8.12. The first-order valence-corrected chi connectivity index (χ1v) is 7.89. The van der Waals surface area contributed by atoms with E-state index < -0.39 is 15.4 Å². The van der Waals surface area contributed by atoms with E-state index in [-0.39, 0.29) is 0 Å². The monoisotopic (exact) mass is 318 g/mol. The predicted molar refractivity (Wildman–Crippen MR) is 70.6 cm³/mol. The highest BCUT2D eigenvalue weighted by atomic mass is 79.9. The van der Waals surface area contributed by atoms with Crippen LogP contribution in [0.25, 0.3) is 0 Å². The molecule has 5 heteroatoms. The van der Waals surface area contributed by atoms with Gasteiger partial charge in [-0.1, -0.05) is 28.1 Å². The summed E-state index contributed by atoms with van der Waals surface area (Å²) in [5, 5.41) is -0.659. The molecule has 0 radical (unpaired) electrons. The topological polar surface area (TPSA) is 54.4 Å². The molecule has 0 aliphatic heterocycles. The molecule has 1 aromatic carbocycles. The van der Waals surface area contributed by atoms with Gasteiger partial charge in [-0.2, -0.15) is 8.42 Å². The van der Waals surface area contributed by atoms with Crippen molar-refractivity contribution in [2.24, 2.45) is 5.92 Å². The van der Waals surface area contributed by atoms with E-state index in [9.17, 15) is 8.42 Å². The molecular weight excluding hydrogens is 304 g/mol. The first kappa shape index (κ1) is 13.1. The quantitative estimate of drug-likeness (QED) is 0.867. The van der Waals surface area contributed by atoms with Crippen molar-refractivity contribution < 1.29 is 13.0 Å². The Hall–Kier alpha value is -0.390. The average Bonchev–Trinajstić information content (AvgIpc) is 2.97. The largest absolute Gasteiger partial charge is 0.285 e. The Balaban J connectivity index is 1.95. The SMILES string of the molecule is CC(C[C@H]1C[C@H]1c1ccc(Br)cc1)S(=O)(=O)O. The maximum absolute atomic E-state index is 10.9. The Morgan fingerprint density at radius 2 is 2.00 bits per heavy atom. The summed E-state index contributed by atoms with van der Waals surface area (Å²) in [6.45, 7) is 1.56. The number of halogens is 1. The summed E-state index contributed by atoms with van der Waals surface area (Å²) in [5.41, 5.74) is 1.25. The van der Waals surface area contributed by atoms with Gasteiger partial charge in [-0.15, -0.1) is 0 Å². The molecule has 94 valence electrons. The number of hydrogen-bond donors (Lipinski definition) is 1. The third-order valence-corrected chi connectivity index (χ3v) is 5.10. The van der Waals surface area contributed by atoms with Gasteiger partial charge >= 0.3 is 0 Å². The maximum Gasteiger partial charge on any atom is 0.267 e. The van der Waals surface area contributed by atoms with Gasteiger partial charge in [0.1, 0.15) is 0 Å². The van der Waals surface area contributed by atoms with Gasteiger partial charge in [0, 0.05) is 4.47 Å². The van der Waals surface area contributed by atoms with Crippen molar-refractivity contribution in [1.29, 1.82) is 0 Å². The van der Waals surface area contributed by atoms with E-state index in [1.165, 1.54) is 5.56 Å². The summed E-state index contributed by atoms with van der Waals surface area (Å²) in [5.74, 6) is 0.834. The van der Waals surface area contributed by atoms with E-state index >= 15 is 0 Å². The standard InChI is InChI=1S/C12H15BrO3S/c1-8(17(14,15)16)6-10-7-12(10)9-2-4-11(13)5-3-9/h2-5,8,10,12H,6-7H2,1H3,(H,14,15,16)/t8?,10-,12-/m0/s1. The van der Waals surface area contributed by atoms with Crippen LogP contribution in [0.3, 0.4) is 0 Å². The Bertz CT molecular complexity index is 495. The lowest BCUT2D eigenvalue weighted by atomic mass is 10.1. The molecule has 1 aliphatic carbocycles. The van der Waals surface area contributed by atoms with Gasteiger partial charge < -0.3 is 0 Å². The van der Waals surface area contributed by atoms with Gasteiger partial charge in [0.15, 0.2) is 0 Å². The molecular formula is C12H15BrO3S. The van der Waals surface area contributed by atoms with Crippen molar-refractivity contribution in [2.45, 2.75) is 30.9 Å². The van der Waals surface area contributed by atoms with Crippen LogP contribution in [0.15, 0.2) is 28.7 Å². The van der Waals surface area contributed by atoms with Crippen molar-refractivity contribution in [3.8, 4) is 0 Å². The number of rotatable bonds is 4. The Morgan fingerprint density at radius 3 is 2.53 bits per heavy atom. The van der Waals surface area contributed by atoms with E-state index in [0.717, 1.165) is 10.9 Å². The first-order chi connectivity index (χ1) is 7.88. The molecule has 0 saturated heterocycles. The summed E-state index contributed by atoms with van der Waals surface area (Å²) in [7, 11) is -3.88. The van der Waals surface area contributed by atoms with Crippen LogP contribution in [0.5, 0.6) is 0 Å². The second-order valence-corrected chi connectivity index (χ2v) is 7.47. The average molecular weight is 319 g/mol. The molecule has 1 aromatic rings. The second-order valence-electron chi connectivity index (χ2n) is 4.72. The fourth-order valence-corrected chi connectivity index (χ4v) is 2.93. The van der Waals surface area contributed by atoms with Gasteiger partial charge in [0.25, 0.3) is 10.1 Å². The van der Waals surface area contributed by atoms with Crippen molar-refractivity contribution in [1.82, 2.24) is 0 Å². The minimum atomic E-state index is -3.88. The summed E-state index contributed by atoms with van der Waals surface area (Å²) in [4.78, 5) is 0. The Kier molecular flexibility index (Phi) is 3.61. The molecule has 3 nitrogen and oxygen atoms in total. The third-order valence-electron chi connectivity index (χ3n) is 3.36. The fourth-order valence-electron chi connectivity index (χ4n) is 2.17. The van der Waals surface area contributed by atoms with E-state index in [2.05, 4.69) is 28.1 Å². The summed E-state index contributed by atoms with van der Waals surface area (Å²) < 4.78 is 31.8. The lowest BCUT2D eigenvalue weighted by Gasteiger charge is -2.07. The van der Waals surface area contributed by atoms with Crippen LogP contribution in [-0.4, -0.2) is 18.2 Å². The molecule has 1 saturated carbocycles. The molecule has 0 heterocycles. The van der Waals surface area contributed by atoms with Gasteiger partial charge in [0.2, 0.25) is 0 Å². The third kappa shape index (κ3) is 3.30. The molecule has 3 atom stereocenters. The molecule has 17 heavy (non-hydrogen) atoms. The molecule has 0 spiro atoms. The normalized spacial score (nSPS) is 25.6. The lowest BCUT2D eigenvalue weighted by Crippen LogP contribution is -2.17. The van der Waals surface area contributed by atoms with Crippen LogP contribution >= 0.6 is 15.9 Å². The van der Waals surface area contributed by atoms with E-state index in [1.807, 2.05) is 12.1 Å². The molecule has 0 aromatic heterocycles. The minimum Gasteiger partial charge on any atom is -0.285 e. The molecule has 0 amide bonds. The van der Waals surface area contributed by atoms with E-state index in [0.29, 0.717) is 18.3 Å². The van der Waals surface area contributed by atoms with Crippen LogP contribution in [-0.2, 0) is 10.1 Å². The highest BCUT2D eigenvalue weighted by Gasteiger charge is 2.40. The summed E-state index contributed by atoms with van der Waals surface area (Å²) in [6.07, 6.45) is 1.56. The summed E-state index contributed by atoms with van der Waals surface area (Å²) >= 11 is 3.38. The Labute approximate surface area is 110 Å². The molecule has 1 aliphatic rings. The molecule has 1 unspecified atom stereocenters. The van der Waals surface area contributed by atoms with Gasteiger partial charge in [-0.3, -0.25) is 4.55 Å². The van der Waals surface area contributed by atoms with E-state index in [4.69, 9.17) is 4.55 Å².